The molecule has 0 spiro atoms. The number of nitrogens with one attached hydrogen (secondary N) is 2. The molecular formula is C21H19ClFN3O3. The van der Waals surface area contributed by atoms with Crippen LogP contribution in [-0.4, -0.2) is 28.7 Å². The van der Waals surface area contributed by atoms with Gasteiger partial charge in [-0.15, -0.1) is 0 Å². The van der Waals surface area contributed by atoms with Crippen LogP contribution in [0.5, 0.6) is 0 Å². The van der Waals surface area contributed by atoms with Crippen molar-refractivity contribution in [3.05, 3.63) is 69.5 Å². The first-order chi connectivity index (χ1) is 13.9. The summed E-state index contributed by atoms with van der Waals surface area (Å²) in [5.74, 6) is -1.67. The van der Waals surface area contributed by atoms with Gasteiger partial charge in [0.1, 0.15) is 11.9 Å². The summed E-state index contributed by atoms with van der Waals surface area (Å²) in [6.45, 7) is 0.876. The fourth-order valence-corrected chi connectivity index (χ4v) is 3.86. The standard InChI is InChI=1S/C21H19ClFN3O3/c22-14-4-1-12(2-5-14)9-24-10-13-3-6-15-16(19(13)23)11-26(21(15)29)17-7-8-18(27)25-20(17)28/h1-6,17,24H,7-11H2,(H,25,27,28). The summed E-state index contributed by atoms with van der Waals surface area (Å²) in [6, 6.07) is 9.82. The molecule has 0 bridgehead atoms. The molecule has 6 nitrogen and oxygen atoms in total. The van der Waals surface area contributed by atoms with Gasteiger partial charge in [0.25, 0.3) is 5.91 Å². The molecule has 8 heteroatoms. The second kappa shape index (κ2) is 7.93. The summed E-state index contributed by atoms with van der Waals surface area (Å²) < 4.78 is 15.0. The Hall–Kier alpha value is -2.77. The van der Waals surface area contributed by atoms with Gasteiger partial charge in [-0.05, 0) is 30.2 Å². The highest BCUT2D eigenvalue weighted by atomic mass is 35.5. The van der Waals surface area contributed by atoms with Gasteiger partial charge < -0.3 is 10.2 Å². The van der Waals surface area contributed by atoms with Gasteiger partial charge in [-0.25, -0.2) is 4.39 Å². The second-order valence-electron chi connectivity index (χ2n) is 7.19. The maximum atomic E-state index is 15.0. The topological polar surface area (TPSA) is 78.5 Å². The Labute approximate surface area is 172 Å². The molecule has 2 heterocycles. The number of halogens is 2. The van der Waals surface area contributed by atoms with Crippen molar-refractivity contribution in [2.75, 3.05) is 0 Å². The normalized spacial score (nSPS) is 18.8. The fraction of sp³-hybridized carbons (Fsp3) is 0.286. The molecule has 1 atom stereocenters. The van der Waals surface area contributed by atoms with E-state index in [4.69, 9.17) is 11.6 Å². The summed E-state index contributed by atoms with van der Waals surface area (Å²) in [7, 11) is 0. The van der Waals surface area contributed by atoms with Crippen LogP contribution in [0.25, 0.3) is 0 Å². The minimum Gasteiger partial charge on any atom is -0.322 e. The average Bonchev–Trinajstić information content (AvgIpc) is 3.02. The molecular weight excluding hydrogens is 397 g/mol. The van der Waals surface area contributed by atoms with Crippen molar-refractivity contribution in [1.29, 1.82) is 0 Å². The highest BCUT2D eigenvalue weighted by Crippen LogP contribution is 2.30. The van der Waals surface area contributed by atoms with Crippen LogP contribution >= 0.6 is 11.6 Å². The number of benzene rings is 2. The molecule has 2 N–H and O–H groups in total. The van der Waals surface area contributed by atoms with E-state index in [0.29, 0.717) is 29.2 Å². The van der Waals surface area contributed by atoms with Gasteiger partial charge in [0.2, 0.25) is 11.8 Å². The number of carbonyl (C=O) groups is 3. The van der Waals surface area contributed by atoms with Crippen molar-refractivity contribution in [3.63, 3.8) is 0 Å². The van der Waals surface area contributed by atoms with Crippen LogP contribution in [-0.2, 0) is 29.2 Å². The fourth-order valence-electron chi connectivity index (χ4n) is 3.73. The highest BCUT2D eigenvalue weighted by Gasteiger charge is 2.40. The zero-order valence-electron chi connectivity index (χ0n) is 15.5. The lowest BCUT2D eigenvalue weighted by Gasteiger charge is -2.29. The van der Waals surface area contributed by atoms with Crippen molar-refractivity contribution in [2.45, 2.75) is 38.5 Å². The van der Waals surface area contributed by atoms with E-state index in [9.17, 15) is 14.4 Å². The predicted molar refractivity (Wildman–Crippen MR) is 104 cm³/mol. The SMILES string of the molecule is O=C1CCC(N2Cc3c(ccc(CNCc4ccc(Cl)cc4)c3F)C2=O)C(=O)N1. The van der Waals surface area contributed by atoms with Gasteiger partial charge in [0.05, 0.1) is 6.54 Å². The highest BCUT2D eigenvalue weighted by molar-refractivity contribution is 6.30. The molecule has 0 saturated carbocycles. The van der Waals surface area contributed by atoms with Crippen LogP contribution < -0.4 is 10.6 Å². The number of piperidine rings is 1. The molecule has 0 radical (unpaired) electrons. The molecule has 0 aromatic heterocycles. The predicted octanol–water partition coefficient (Wildman–Crippen LogP) is 2.53. The van der Waals surface area contributed by atoms with E-state index in [2.05, 4.69) is 10.6 Å². The Morgan fingerprint density at radius 1 is 1.10 bits per heavy atom. The van der Waals surface area contributed by atoms with Crippen LogP contribution in [0.2, 0.25) is 5.02 Å². The molecule has 2 aromatic carbocycles. The number of imide groups is 1. The summed E-state index contributed by atoms with van der Waals surface area (Å²) in [4.78, 5) is 37.5. The van der Waals surface area contributed by atoms with E-state index >= 15 is 4.39 Å². The lowest BCUT2D eigenvalue weighted by Crippen LogP contribution is -2.52. The molecule has 1 saturated heterocycles. The van der Waals surface area contributed by atoms with Crippen LogP contribution in [0.15, 0.2) is 36.4 Å². The summed E-state index contributed by atoms with van der Waals surface area (Å²) >= 11 is 5.87. The summed E-state index contributed by atoms with van der Waals surface area (Å²) in [6.07, 6.45) is 0.417. The third-order valence-electron chi connectivity index (χ3n) is 5.29. The van der Waals surface area contributed by atoms with E-state index in [1.807, 2.05) is 12.1 Å². The number of nitrogens with zero attached hydrogens (tertiary/aromatic N) is 1. The quantitative estimate of drug-likeness (QED) is 0.735. The van der Waals surface area contributed by atoms with Crippen LogP contribution in [0.3, 0.4) is 0 Å². The molecule has 2 aromatic rings. The monoisotopic (exact) mass is 415 g/mol. The lowest BCUT2D eigenvalue weighted by molar-refractivity contribution is -0.136. The van der Waals surface area contributed by atoms with Gasteiger partial charge in [-0.3, -0.25) is 19.7 Å². The number of hydrogen-bond donors (Lipinski definition) is 2. The van der Waals surface area contributed by atoms with Gasteiger partial charge in [0.15, 0.2) is 0 Å². The van der Waals surface area contributed by atoms with Crippen molar-refractivity contribution < 1.29 is 18.8 Å². The van der Waals surface area contributed by atoms with E-state index in [0.717, 1.165) is 5.56 Å². The first kappa shape index (κ1) is 19.5. The second-order valence-corrected chi connectivity index (χ2v) is 7.63. The van der Waals surface area contributed by atoms with Crippen LogP contribution in [0.1, 0.15) is 39.9 Å². The smallest absolute Gasteiger partial charge is 0.255 e. The van der Waals surface area contributed by atoms with E-state index in [-0.39, 0.29) is 36.8 Å². The van der Waals surface area contributed by atoms with E-state index in [1.54, 1.807) is 24.3 Å². The summed E-state index contributed by atoms with van der Waals surface area (Å²) in [5.41, 5.74) is 2.05. The Morgan fingerprint density at radius 2 is 1.86 bits per heavy atom. The number of fused-ring (bicyclic) bond motifs is 1. The number of rotatable bonds is 5. The molecule has 2 aliphatic rings. The summed E-state index contributed by atoms with van der Waals surface area (Å²) in [5, 5.41) is 6.08. The molecule has 4 rings (SSSR count). The third kappa shape index (κ3) is 3.88. The molecule has 1 fully saturated rings. The Kier molecular flexibility index (Phi) is 5.34. The third-order valence-corrected chi connectivity index (χ3v) is 5.54. The van der Waals surface area contributed by atoms with E-state index < -0.39 is 17.8 Å². The number of hydrogen-bond acceptors (Lipinski definition) is 4. The Bertz CT molecular complexity index is 993. The molecule has 3 amide bonds. The minimum absolute atomic E-state index is 0.0251. The molecule has 1 unspecified atom stereocenters. The van der Waals surface area contributed by atoms with E-state index in [1.165, 1.54) is 4.90 Å². The number of carbonyl (C=O) groups excluding carboxylic acids is 3. The first-order valence-electron chi connectivity index (χ1n) is 9.34. The van der Waals surface area contributed by atoms with Crippen molar-refractivity contribution in [1.82, 2.24) is 15.5 Å². The van der Waals surface area contributed by atoms with Crippen molar-refractivity contribution in [2.24, 2.45) is 0 Å². The van der Waals surface area contributed by atoms with Crippen molar-refractivity contribution in [3.8, 4) is 0 Å². The van der Waals surface area contributed by atoms with Gasteiger partial charge in [0, 0.05) is 41.2 Å². The minimum atomic E-state index is -0.751. The first-order valence-corrected chi connectivity index (χ1v) is 9.72. The van der Waals surface area contributed by atoms with Crippen LogP contribution in [0.4, 0.5) is 4.39 Å². The molecule has 2 aliphatic heterocycles. The zero-order chi connectivity index (χ0) is 20.5. The largest absolute Gasteiger partial charge is 0.322 e. The van der Waals surface area contributed by atoms with Crippen LogP contribution in [0, 0.1) is 5.82 Å². The van der Waals surface area contributed by atoms with Gasteiger partial charge >= 0.3 is 0 Å². The Morgan fingerprint density at radius 3 is 2.59 bits per heavy atom. The zero-order valence-corrected chi connectivity index (χ0v) is 16.3. The molecule has 0 aliphatic carbocycles. The number of amides is 3. The molecule has 29 heavy (non-hydrogen) atoms. The Balaban J connectivity index is 1.45. The maximum Gasteiger partial charge on any atom is 0.255 e. The maximum absolute atomic E-state index is 15.0. The van der Waals surface area contributed by atoms with Gasteiger partial charge in [-0.2, -0.15) is 0 Å². The average molecular weight is 416 g/mol. The van der Waals surface area contributed by atoms with Crippen molar-refractivity contribution >= 4 is 29.3 Å². The molecule has 150 valence electrons. The lowest BCUT2D eigenvalue weighted by atomic mass is 10.0. The van der Waals surface area contributed by atoms with Gasteiger partial charge in [-0.1, -0.05) is 29.8 Å².